The predicted octanol–water partition coefficient (Wildman–Crippen LogP) is 5.32. The van der Waals surface area contributed by atoms with Crippen LogP contribution in [0.25, 0.3) is 28.0 Å². The zero-order valence-electron chi connectivity index (χ0n) is 24.3. The van der Waals surface area contributed by atoms with E-state index in [-0.39, 0.29) is 58.1 Å². The van der Waals surface area contributed by atoms with E-state index in [9.17, 15) is 19.5 Å². The van der Waals surface area contributed by atoms with E-state index in [2.05, 4.69) is 16.9 Å². The summed E-state index contributed by atoms with van der Waals surface area (Å²) in [5.74, 6) is -1.08. The average Bonchev–Trinajstić information content (AvgIpc) is 2.97. The van der Waals surface area contributed by atoms with Gasteiger partial charge in [0.05, 0.1) is 53.5 Å². The Labute approximate surface area is 256 Å². The van der Waals surface area contributed by atoms with Crippen LogP contribution in [0.5, 0.6) is 5.75 Å². The van der Waals surface area contributed by atoms with Crippen molar-refractivity contribution in [3.8, 4) is 22.7 Å². The minimum absolute atomic E-state index is 0.0141. The zero-order chi connectivity index (χ0) is 31.6. The maximum absolute atomic E-state index is 15.3. The molecule has 44 heavy (non-hydrogen) atoms. The Balaban J connectivity index is 1.75. The number of ether oxygens (including phenoxy) is 1. The number of halogens is 2. The molecule has 13 heteroatoms. The summed E-state index contributed by atoms with van der Waals surface area (Å²) < 4.78 is 22.2. The van der Waals surface area contributed by atoms with E-state index in [1.54, 1.807) is 29.3 Å². The first-order valence-corrected chi connectivity index (χ1v) is 14.2. The number of nitrogens with zero attached hydrogens (tertiary/aromatic N) is 5. The maximum atomic E-state index is 15.3. The molecule has 0 spiro atoms. The summed E-state index contributed by atoms with van der Waals surface area (Å²) in [6.07, 6.45) is 0.412. The number of nitrogens with one attached hydrogen (secondary N) is 1. The molecule has 2 aliphatic rings. The first-order chi connectivity index (χ1) is 20.9. The summed E-state index contributed by atoms with van der Waals surface area (Å²) in [6, 6.07) is 6.71. The van der Waals surface area contributed by atoms with Crippen molar-refractivity contribution in [1.29, 1.82) is 0 Å². The van der Waals surface area contributed by atoms with Crippen LogP contribution in [0.2, 0.25) is 5.02 Å². The SMILES string of the molecule is C=C1CN2c3c(c(=O)n(-c4c(C)ccnc4C(C)C)c4nc(-c5c(F)cccc5OC)c(Cl)cc34)NC(=O)[C@H]2CN1C(=O)O. The summed E-state index contributed by atoms with van der Waals surface area (Å²) in [6.45, 7) is 9.36. The van der Waals surface area contributed by atoms with Gasteiger partial charge in [-0.15, -0.1) is 0 Å². The van der Waals surface area contributed by atoms with E-state index < -0.39 is 29.4 Å². The highest BCUT2D eigenvalue weighted by Crippen LogP contribution is 2.44. The second-order valence-corrected chi connectivity index (χ2v) is 11.4. The smallest absolute Gasteiger partial charge is 0.411 e. The number of rotatable bonds is 4. The van der Waals surface area contributed by atoms with Gasteiger partial charge in [0.1, 0.15) is 23.3 Å². The molecule has 0 bridgehead atoms. The van der Waals surface area contributed by atoms with E-state index in [0.29, 0.717) is 22.5 Å². The average molecular weight is 619 g/mol. The van der Waals surface area contributed by atoms with Crippen molar-refractivity contribution in [3.05, 3.63) is 81.3 Å². The molecule has 1 saturated heterocycles. The van der Waals surface area contributed by atoms with Crippen LogP contribution in [0.3, 0.4) is 0 Å². The van der Waals surface area contributed by atoms with Crippen LogP contribution in [0.15, 0.2) is 53.6 Å². The molecule has 0 saturated carbocycles. The molecule has 1 atom stereocenters. The zero-order valence-corrected chi connectivity index (χ0v) is 25.1. The van der Waals surface area contributed by atoms with Gasteiger partial charge in [-0.05, 0) is 42.7 Å². The van der Waals surface area contributed by atoms with Crippen molar-refractivity contribution in [2.75, 3.05) is 30.4 Å². The summed E-state index contributed by atoms with van der Waals surface area (Å²) in [5.41, 5.74) is 1.92. The van der Waals surface area contributed by atoms with Crippen molar-refractivity contribution in [2.24, 2.45) is 0 Å². The highest BCUT2D eigenvalue weighted by atomic mass is 35.5. The molecule has 0 unspecified atom stereocenters. The highest BCUT2D eigenvalue weighted by Gasteiger charge is 2.43. The largest absolute Gasteiger partial charge is 0.496 e. The lowest BCUT2D eigenvalue weighted by Gasteiger charge is -2.45. The predicted molar refractivity (Wildman–Crippen MR) is 165 cm³/mol. The minimum Gasteiger partial charge on any atom is -0.496 e. The summed E-state index contributed by atoms with van der Waals surface area (Å²) in [5, 5.41) is 12.9. The van der Waals surface area contributed by atoms with Crippen molar-refractivity contribution < 1.29 is 23.8 Å². The van der Waals surface area contributed by atoms with Crippen LogP contribution in [-0.4, -0.2) is 62.8 Å². The van der Waals surface area contributed by atoms with Crippen LogP contribution < -0.4 is 20.5 Å². The van der Waals surface area contributed by atoms with Crippen LogP contribution in [0.4, 0.5) is 20.6 Å². The molecule has 5 heterocycles. The lowest BCUT2D eigenvalue weighted by Crippen LogP contribution is -2.60. The van der Waals surface area contributed by atoms with E-state index in [1.807, 2.05) is 20.8 Å². The van der Waals surface area contributed by atoms with E-state index in [1.165, 1.54) is 23.8 Å². The van der Waals surface area contributed by atoms with E-state index in [0.717, 1.165) is 10.5 Å². The van der Waals surface area contributed by atoms with Crippen LogP contribution in [-0.2, 0) is 4.79 Å². The first kappa shape index (κ1) is 29.1. The molecule has 2 amide bonds. The Morgan fingerprint density at radius 2 is 2.00 bits per heavy atom. The van der Waals surface area contributed by atoms with Gasteiger partial charge in [0.2, 0.25) is 5.91 Å². The molecular formula is C31H28ClFN6O5. The first-order valence-electron chi connectivity index (χ1n) is 13.8. The number of carbonyl (C=O) groups is 2. The normalized spacial score (nSPS) is 16.2. The third-order valence-electron chi connectivity index (χ3n) is 7.97. The molecule has 3 aromatic heterocycles. The molecule has 2 aliphatic heterocycles. The van der Waals surface area contributed by atoms with Crippen LogP contribution in [0, 0.1) is 12.7 Å². The molecule has 2 N–H and O–H groups in total. The third-order valence-corrected chi connectivity index (χ3v) is 8.26. The van der Waals surface area contributed by atoms with Crippen molar-refractivity contribution in [2.45, 2.75) is 32.7 Å². The quantitative estimate of drug-likeness (QED) is 0.315. The third kappa shape index (κ3) is 4.36. The lowest BCUT2D eigenvalue weighted by molar-refractivity contribution is -0.118. The molecule has 6 rings (SSSR count). The number of hydrogen-bond acceptors (Lipinski definition) is 7. The Kier molecular flexibility index (Phi) is 7.04. The number of amides is 2. The molecule has 0 aliphatic carbocycles. The van der Waals surface area contributed by atoms with Gasteiger partial charge in [0.15, 0.2) is 5.65 Å². The number of aromatic nitrogens is 3. The summed E-state index contributed by atoms with van der Waals surface area (Å²) >= 11 is 6.84. The minimum atomic E-state index is -1.24. The fourth-order valence-corrected chi connectivity index (χ4v) is 6.17. The fraction of sp³-hybridized carbons (Fsp3) is 0.258. The van der Waals surface area contributed by atoms with Gasteiger partial charge in [-0.2, -0.15) is 0 Å². The monoisotopic (exact) mass is 618 g/mol. The maximum Gasteiger partial charge on any atom is 0.411 e. The van der Waals surface area contributed by atoms with Gasteiger partial charge in [-0.1, -0.05) is 38.1 Å². The number of fused-ring (bicyclic) bond motifs is 5. The molecular weight excluding hydrogens is 591 g/mol. The van der Waals surface area contributed by atoms with Crippen LogP contribution >= 0.6 is 11.6 Å². The molecule has 11 nitrogen and oxygen atoms in total. The summed E-state index contributed by atoms with van der Waals surface area (Å²) in [7, 11) is 1.40. The Bertz CT molecular complexity index is 1980. The van der Waals surface area contributed by atoms with Gasteiger partial charge in [-0.25, -0.2) is 14.2 Å². The summed E-state index contributed by atoms with van der Waals surface area (Å²) in [4.78, 5) is 51.9. The highest BCUT2D eigenvalue weighted by molar-refractivity contribution is 6.34. The standard InChI is InChI=1S/C31H28ClFN6O5/c1-14(2)23-26(15(3)9-10-34-23)39-28-17(11-18(32)24(35-28)22-19(33)7-6-8-21(22)44-5)27-25(30(39)41)36-29(40)20-13-37(31(42)43)16(4)12-38(20)27/h6-11,14,20H,4,12-13H2,1-3,5H3,(H,36,40)(H,42,43)/t20-/m1/s1. The van der Waals surface area contributed by atoms with Gasteiger partial charge in [0, 0.05) is 17.3 Å². The number of piperazine rings is 1. The number of hydrogen-bond donors (Lipinski definition) is 2. The fourth-order valence-electron chi connectivity index (χ4n) is 5.92. The molecule has 4 aromatic rings. The van der Waals surface area contributed by atoms with Crippen LogP contribution in [0.1, 0.15) is 31.0 Å². The van der Waals surface area contributed by atoms with E-state index >= 15 is 4.39 Å². The molecule has 226 valence electrons. The topological polar surface area (TPSA) is 130 Å². The Hall–Kier alpha value is -4.97. The number of carbonyl (C=O) groups excluding carboxylic acids is 1. The Morgan fingerprint density at radius 1 is 1.25 bits per heavy atom. The number of carboxylic acid groups (broad SMARTS) is 1. The van der Waals surface area contributed by atoms with Gasteiger partial charge in [0.25, 0.3) is 5.56 Å². The molecule has 0 radical (unpaired) electrons. The van der Waals surface area contributed by atoms with E-state index in [4.69, 9.17) is 21.3 Å². The number of benzene rings is 1. The van der Waals surface area contributed by atoms with Gasteiger partial charge >= 0.3 is 6.09 Å². The number of anilines is 2. The van der Waals surface area contributed by atoms with Crippen molar-refractivity contribution >= 4 is 46.0 Å². The molecule has 1 aromatic carbocycles. The van der Waals surface area contributed by atoms with Crippen molar-refractivity contribution in [1.82, 2.24) is 19.4 Å². The lowest BCUT2D eigenvalue weighted by atomic mass is 10.00. The number of aryl methyl sites for hydroxylation is 1. The Morgan fingerprint density at radius 3 is 2.68 bits per heavy atom. The van der Waals surface area contributed by atoms with Gasteiger partial charge < -0.3 is 20.1 Å². The second kappa shape index (κ2) is 10.6. The van der Waals surface area contributed by atoms with Gasteiger partial charge in [-0.3, -0.25) is 24.0 Å². The molecule has 1 fully saturated rings. The second-order valence-electron chi connectivity index (χ2n) is 11.0. The number of methoxy groups -OCH3 is 1. The number of pyridine rings is 3. The van der Waals surface area contributed by atoms with Crippen molar-refractivity contribution in [3.63, 3.8) is 0 Å².